The summed E-state index contributed by atoms with van der Waals surface area (Å²) in [6, 6.07) is 5.16. The van der Waals surface area contributed by atoms with Crippen molar-refractivity contribution in [3.8, 4) is 0 Å². The molecule has 1 aromatic carbocycles. The monoisotopic (exact) mass is 388 g/mol. The van der Waals surface area contributed by atoms with Crippen molar-refractivity contribution in [2.75, 3.05) is 25.1 Å². The Balaban J connectivity index is 1.62. The average molecular weight is 388 g/mol. The quantitative estimate of drug-likeness (QED) is 0.701. The van der Waals surface area contributed by atoms with E-state index in [1.807, 2.05) is 0 Å². The molecule has 9 heteroatoms. The lowest BCUT2D eigenvalue weighted by atomic mass is 9.77. The number of aryl methyl sites for hydroxylation is 1. The fraction of sp³-hybridized carbons (Fsp3) is 0.588. The maximum atomic E-state index is 13.1. The number of nitrogens with zero attached hydrogens (tertiary/aromatic N) is 1. The van der Waals surface area contributed by atoms with Gasteiger partial charge in [0.15, 0.2) is 5.58 Å². The van der Waals surface area contributed by atoms with E-state index >= 15 is 0 Å². The zero-order valence-electron chi connectivity index (χ0n) is 14.5. The largest absolute Gasteiger partial charge is 0.419 e. The van der Waals surface area contributed by atoms with E-state index in [1.165, 1.54) is 10.8 Å². The molecule has 0 atom stereocenters. The van der Waals surface area contributed by atoms with Crippen molar-refractivity contribution in [3.05, 3.63) is 34.3 Å². The van der Waals surface area contributed by atoms with E-state index in [-0.39, 0.29) is 24.5 Å². The number of oxazole rings is 1. The molecule has 1 aromatic heterocycles. The van der Waals surface area contributed by atoms with Crippen LogP contribution < -0.4 is 11.1 Å². The van der Waals surface area contributed by atoms with Crippen LogP contribution in [-0.2, 0) is 16.4 Å². The van der Waals surface area contributed by atoms with E-state index < -0.39 is 21.5 Å². The molecule has 1 heterocycles. The van der Waals surface area contributed by atoms with Gasteiger partial charge in [0, 0.05) is 32.2 Å². The molecule has 1 N–H and O–H groups in total. The lowest BCUT2D eigenvalue weighted by Crippen LogP contribution is -2.33. The number of fused-ring (bicyclic) bond motifs is 1. The Kier molecular flexibility index (Phi) is 5.21. The van der Waals surface area contributed by atoms with Gasteiger partial charge in [-0.2, -0.15) is 0 Å². The van der Waals surface area contributed by atoms with Crippen LogP contribution >= 0.6 is 0 Å². The molecule has 1 aliphatic rings. The second kappa shape index (κ2) is 7.11. The number of alkyl halides is 2. The van der Waals surface area contributed by atoms with Crippen molar-refractivity contribution in [1.29, 1.82) is 0 Å². The Bertz CT molecular complexity index is 941. The van der Waals surface area contributed by atoms with Crippen LogP contribution in [0, 0.1) is 0 Å². The van der Waals surface area contributed by atoms with Crippen LogP contribution in [0.3, 0.4) is 0 Å². The number of hydrogen-bond donors (Lipinski definition) is 1. The summed E-state index contributed by atoms with van der Waals surface area (Å²) in [6.07, 6.45) is 1.47. The summed E-state index contributed by atoms with van der Waals surface area (Å²) >= 11 is 0. The lowest BCUT2D eigenvalue weighted by molar-refractivity contribution is -0.0867. The van der Waals surface area contributed by atoms with E-state index in [2.05, 4.69) is 5.32 Å². The number of hydrogen-bond acceptors (Lipinski definition) is 5. The van der Waals surface area contributed by atoms with E-state index in [9.17, 15) is 22.0 Å². The van der Waals surface area contributed by atoms with Gasteiger partial charge < -0.3 is 9.73 Å². The van der Waals surface area contributed by atoms with E-state index in [0.717, 1.165) is 5.56 Å². The smallest absolute Gasteiger partial charge is 0.408 e. The minimum absolute atomic E-state index is 0.0664. The summed E-state index contributed by atoms with van der Waals surface area (Å²) in [6.45, 7) is 1.32. The van der Waals surface area contributed by atoms with Gasteiger partial charge in [0.25, 0.3) is 0 Å². The fourth-order valence-corrected chi connectivity index (χ4v) is 3.70. The van der Waals surface area contributed by atoms with Gasteiger partial charge in [0.2, 0.25) is 5.92 Å². The van der Waals surface area contributed by atoms with Gasteiger partial charge in [-0.15, -0.1) is 0 Å². The van der Waals surface area contributed by atoms with Crippen LogP contribution in [0.2, 0.25) is 0 Å². The summed E-state index contributed by atoms with van der Waals surface area (Å²) in [5.41, 5.74) is 1.85. The Hall–Kier alpha value is -1.74. The van der Waals surface area contributed by atoms with Gasteiger partial charge in [-0.1, -0.05) is 6.07 Å². The lowest BCUT2D eigenvalue weighted by Gasteiger charge is -2.35. The number of aromatic nitrogens is 1. The summed E-state index contributed by atoms with van der Waals surface area (Å²) in [5.74, 6) is -3.19. The van der Waals surface area contributed by atoms with Crippen molar-refractivity contribution in [1.82, 2.24) is 9.88 Å². The third-order valence-corrected chi connectivity index (χ3v) is 5.58. The summed E-state index contributed by atoms with van der Waals surface area (Å²) in [7, 11) is -2.99. The molecule has 26 heavy (non-hydrogen) atoms. The zero-order chi connectivity index (χ0) is 18.9. The first-order valence-corrected chi connectivity index (χ1v) is 10.6. The van der Waals surface area contributed by atoms with Crippen molar-refractivity contribution in [3.63, 3.8) is 0 Å². The van der Waals surface area contributed by atoms with Crippen LogP contribution in [0.15, 0.2) is 27.4 Å². The maximum Gasteiger partial charge on any atom is 0.419 e. The second-order valence-corrected chi connectivity index (χ2v) is 9.20. The molecule has 0 spiro atoms. The Morgan fingerprint density at radius 1 is 1.31 bits per heavy atom. The molecule has 2 aromatic rings. The fourth-order valence-electron chi connectivity index (χ4n) is 3.19. The number of nitrogens with one attached hydrogen (secondary N) is 1. The SMILES string of the molecule is CS(=O)(=O)CCNCCCn1c(=O)oc2ccc(C3CC(F)(F)C3)cc21. The van der Waals surface area contributed by atoms with Crippen LogP contribution in [0.4, 0.5) is 8.78 Å². The van der Waals surface area contributed by atoms with Crippen molar-refractivity contribution in [2.24, 2.45) is 0 Å². The predicted molar refractivity (Wildman–Crippen MR) is 94.6 cm³/mol. The van der Waals surface area contributed by atoms with E-state index in [4.69, 9.17) is 4.42 Å². The summed E-state index contributed by atoms with van der Waals surface area (Å²) < 4.78 is 55.0. The number of halogens is 2. The molecular formula is C17H22F2N2O4S. The average Bonchev–Trinajstić information content (AvgIpc) is 2.82. The van der Waals surface area contributed by atoms with Crippen LogP contribution in [0.25, 0.3) is 11.1 Å². The number of sulfone groups is 1. The van der Waals surface area contributed by atoms with Gasteiger partial charge in [0.05, 0.1) is 11.3 Å². The molecule has 0 saturated heterocycles. The first kappa shape index (κ1) is 19.0. The minimum atomic E-state index is -2.99. The second-order valence-electron chi connectivity index (χ2n) is 6.94. The Morgan fingerprint density at radius 3 is 2.69 bits per heavy atom. The molecule has 0 bridgehead atoms. The number of benzene rings is 1. The third-order valence-electron chi connectivity index (χ3n) is 4.64. The van der Waals surface area contributed by atoms with Crippen molar-refractivity contribution >= 4 is 20.9 Å². The van der Waals surface area contributed by atoms with Crippen LogP contribution in [-0.4, -0.2) is 44.0 Å². The number of rotatable bonds is 8. The molecule has 0 unspecified atom stereocenters. The first-order chi connectivity index (χ1) is 12.1. The van der Waals surface area contributed by atoms with Crippen molar-refractivity contribution < 1.29 is 21.6 Å². The van der Waals surface area contributed by atoms with Gasteiger partial charge >= 0.3 is 5.76 Å². The topological polar surface area (TPSA) is 81.3 Å². The van der Waals surface area contributed by atoms with Gasteiger partial charge in [-0.3, -0.25) is 4.57 Å². The molecule has 1 saturated carbocycles. The molecule has 1 aliphatic carbocycles. The van der Waals surface area contributed by atoms with Gasteiger partial charge in [0.1, 0.15) is 9.84 Å². The molecule has 3 rings (SSSR count). The zero-order valence-corrected chi connectivity index (χ0v) is 15.3. The van der Waals surface area contributed by atoms with Gasteiger partial charge in [-0.05, 0) is 36.6 Å². The highest BCUT2D eigenvalue weighted by atomic mass is 32.2. The van der Waals surface area contributed by atoms with Gasteiger partial charge in [-0.25, -0.2) is 22.0 Å². The molecule has 144 valence electrons. The molecule has 0 radical (unpaired) electrons. The molecule has 1 fully saturated rings. The van der Waals surface area contributed by atoms with Crippen molar-refractivity contribution in [2.45, 2.75) is 37.6 Å². The summed E-state index contributed by atoms with van der Waals surface area (Å²) in [4.78, 5) is 12.0. The summed E-state index contributed by atoms with van der Waals surface area (Å²) in [5, 5.41) is 3.02. The minimum Gasteiger partial charge on any atom is -0.408 e. The highest BCUT2D eigenvalue weighted by molar-refractivity contribution is 7.90. The Labute approximate surface area is 150 Å². The van der Waals surface area contributed by atoms with E-state index in [1.54, 1.807) is 18.2 Å². The molecular weight excluding hydrogens is 366 g/mol. The first-order valence-electron chi connectivity index (χ1n) is 8.54. The Morgan fingerprint density at radius 2 is 2.04 bits per heavy atom. The van der Waals surface area contributed by atoms with Crippen LogP contribution in [0.1, 0.15) is 30.7 Å². The predicted octanol–water partition coefficient (Wildman–Crippen LogP) is 2.13. The molecule has 6 nitrogen and oxygen atoms in total. The van der Waals surface area contributed by atoms with Crippen LogP contribution in [0.5, 0.6) is 0 Å². The molecule has 0 amide bonds. The maximum absolute atomic E-state index is 13.1. The normalized spacial score (nSPS) is 17.5. The highest BCUT2D eigenvalue weighted by Gasteiger charge is 2.45. The highest BCUT2D eigenvalue weighted by Crippen LogP contribution is 2.48. The third kappa shape index (κ3) is 4.50. The van der Waals surface area contributed by atoms with E-state index in [0.29, 0.717) is 37.2 Å². The standard InChI is InChI=1S/C17H22F2N2O4S/c1-26(23,24)8-6-20-5-2-7-21-14-9-12(13-10-17(18,19)11-13)3-4-15(14)25-16(21)22/h3-4,9,13,20H,2,5-8,10-11H2,1H3. The molecule has 0 aliphatic heterocycles.